The lowest BCUT2D eigenvalue weighted by Gasteiger charge is -2.27. The van der Waals surface area contributed by atoms with Crippen molar-refractivity contribution in [2.24, 2.45) is 11.8 Å². The van der Waals surface area contributed by atoms with Crippen LogP contribution in [0.15, 0.2) is 59.7 Å². The highest BCUT2D eigenvalue weighted by Crippen LogP contribution is 2.50. The van der Waals surface area contributed by atoms with E-state index in [-0.39, 0.29) is 23.7 Å². The topological polar surface area (TPSA) is 40.6 Å². The van der Waals surface area contributed by atoms with E-state index in [1.165, 1.54) is 98.1 Å². The molecule has 0 radical (unpaired) electrons. The number of rotatable bonds is 27. The Hall–Kier alpha value is -5.68. The maximum absolute atomic E-state index is 15.5. The van der Waals surface area contributed by atoms with Crippen molar-refractivity contribution in [2.75, 3.05) is 13.1 Å². The minimum Gasteiger partial charge on any atom is -0.306 e. The van der Waals surface area contributed by atoms with Gasteiger partial charge in [0.1, 0.15) is 0 Å². The van der Waals surface area contributed by atoms with Crippen molar-refractivity contribution >= 4 is 80.7 Å². The Morgan fingerprint density at radius 2 is 0.930 bits per heavy atom. The molecule has 0 bridgehead atoms. The van der Waals surface area contributed by atoms with Gasteiger partial charge in [0.25, 0.3) is 11.8 Å². The van der Waals surface area contributed by atoms with Gasteiger partial charge in [0, 0.05) is 48.3 Å². The molecule has 2 amide bonds. The zero-order valence-electron chi connectivity index (χ0n) is 42.5. The lowest BCUT2D eigenvalue weighted by Crippen LogP contribution is -2.34. The quantitative estimate of drug-likeness (QED) is 0.0441. The molecule has 8 heteroatoms. The van der Waals surface area contributed by atoms with Gasteiger partial charge in [0.05, 0.1) is 32.3 Å². The fraction of sp³-hybridized carbons (Fsp3) is 0.429. The van der Waals surface area contributed by atoms with E-state index < -0.39 is 0 Å². The van der Waals surface area contributed by atoms with Crippen LogP contribution in [0.5, 0.6) is 0 Å². The number of aryl methyl sites for hydroxylation is 2. The van der Waals surface area contributed by atoms with Gasteiger partial charge in [-0.1, -0.05) is 129 Å². The van der Waals surface area contributed by atoms with Crippen molar-refractivity contribution < 1.29 is 9.59 Å². The van der Waals surface area contributed by atoms with Crippen molar-refractivity contribution in [3.05, 3.63) is 88.9 Å². The molecule has 6 rings (SSSR count). The third kappa shape index (κ3) is 16.4. The zero-order chi connectivity index (χ0) is 50.2. The molecule has 4 aromatic rings. The maximum atomic E-state index is 15.5. The van der Waals surface area contributed by atoms with Crippen LogP contribution in [0.3, 0.4) is 0 Å². The second-order valence-corrected chi connectivity index (χ2v) is 23.4. The Labute approximate surface area is 442 Å². The molecule has 366 valence electrons. The molecule has 0 fully saturated rings. The average Bonchev–Trinajstić information content (AvgIpc) is 4.25. The van der Waals surface area contributed by atoms with Crippen LogP contribution in [-0.2, 0) is 9.59 Å². The van der Waals surface area contributed by atoms with Crippen LogP contribution in [0.2, 0.25) is 0 Å². The molecule has 0 aromatic carbocycles. The highest BCUT2D eigenvalue weighted by atomic mass is 32.1. The van der Waals surface area contributed by atoms with Crippen LogP contribution in [0, 0.1) is 97.2 Å². The van der Waals surface area contributed by atoms with Crippen molar-refractivity contribution in [3.8, 4) is 81.3 Å². The van der Waals surface area contributed by atoms with E-state index in [2.05, 4.69) is 160 Å². The lowest BCUT2D eigenvalue weighted by atomic mass is 9.99. The highest BCUT2D eigenvalue weighted by Gasteiger charge is 2.50. The summed E-state index contributed by atoms with van der Waals surface area (Å²) < 4.78 is 0. The minimum atomic E-state index is -0.170. The molecule has 0 N–H and O–H groups in total. The van der Waals surface area contributed by atoms with Crippen molar-refractivity contribution in [2.45, 2.75) is 150 Å². The summed E-state index contributed by atoms with van der Waals surface area (Å²) in [6.45, 7) is 11.9. The van der Waals surface area contributed by atoms with Gasteiger partial charge in [-0.25, -0.2) is 0 Å². The van der Waals surface area contributed by atoms with Gasteiger partial charge in [-0.2, -0.15) is 0 Å². The largest absolute Gasteiger partial charge is 0.306 e. The summed E-state index contributed by atoms with van der Waals surface area (Å²) in [4.78, 5) is 43.6. The number of carbonyl (C=O) groups excluding carboxylic acids is 2. The molecule has 6 heterocycles. The predicted octanol–water partition coefficient (Wildman–Crippen LogP) is 16.2. The maximum Gasteiger partial charge on any atom is 0.261 e. The molecule has 71 heavy (non-hydrogen) atoms. The monoisotopic (exact) mass is 1010 g/mol. The molecule has 2 aliphatic rings. The molecule has 2 unspecified atom stereocenters. The van der Waals surface area contributed by atoms with Crippen LogP contribution in [0.25, 0.3) is 33.3 Å². The van der Waals surface area contributed by atoms with Crippen molar-refractivity contribution in [3.63, 3.8) is 0 Å². The van der Waals surface area contributed by atoms with Crippen molar-refractivity contribution in [1.82, 2.24) is 9.80 Å². The second kappa shape index (κ2) is 29.6. The third-order valence-electron chi connectivity index (χ3n) is 12.7. The fourth-order valence-corrected chi connectivity index (χ4v) is 12.9. The molecule has 0 saturated heterocycles. The van der Waals surface area contributed by atoms with Gasteiger partial charge in [0.2, 0.25) is 0 Å². The average molecular weight is 1010 g/mol. The van der Waals surface area contributed by atoms with Crippen LogP contribution >= 0.6 is 45.3 Å². The van der Waals surface area contributed by atoms with Crippen LogP contribution in [0.4, 0.5) is 0 Å². The Morgan fingerprint density at radius 1 is 0.493 bits per heavy atom. The SMILES string of the molecule is C#CC#CC#CC#CC#CC#CC(CCCCCCCCCC)CN1C(=O)C2=C(c3ccc(-c4ccc(/C=C/c5ccc(C)s5)s4)s3)N(CC(C)CCCCCCCCCC)C(=O)C2=C1c1ccc(C)s1. The van der Waals surface area contributed by atoms with E-state index >= 15 is 9.59 Å². The van der Waals surface area contributed by atoms with Crippen molar-refractivity contribution in [1.29, 1.82) is 0 Å². The van der Waals surface area contributed by atoms with E-state index in [1.54, 1.807) is 45.3 Å². The zero-order valence-corrected chi connectivity index (χ0v) is 45.8. The summed E-state index contributed by atoms with van der Waals surface area (Å²) in [5, 5.41) is 0. The molecule has 0 spiro atoms. The molecule has 4 nitrogen and oxygen atoms in total. The number of nitrogens with zero attached hydrogens (tertiary/aromatic N) is 2. The van der Waals surface area contributed by atoms with Gasteiger partial charge in [-0.05, 0) is 152 Å². The van der Waals surface area contributed by atoms with Gasteiger partial charge < -0.3 is 9.80 Å². The Kier molecular flexibility index (Phi) is 22.8. The smallest absolute Gasteiger partial charge is 0.261 e. The summed E-state index contributed by atoms with van der Waals surface area (Å²) in [5.41, 5.74) is 2.50. The molecular weight excluding hydrogens is 945 g/mol. The number of amides is 2. The second-order valence-electron chi connectivity index (χ2n) is 18.6. The van der Waals surface area contributed by atoms with Gasteiger partial charge in [-0.15, -0.1) is 51.8 Å². The number of unbranched alkanes of at least 4 members (excludes halogenated alkanes) is 14. The predicted molar refractivity (Wildman–Crippen MR) is 307 cm³/mol. The number of hydrogen-bond acceptors (Lipinski definition) is 6. The number of carbonyl (C=O) groups is 2. The van der Waals surface area contributed by atoms with Gasteiger partial charge >= 0.3 is 0 Å². The molecule has 4 aromatic heterocycles. The highest BCUT2D eigenvalue weighted by molar-refractivity contribution is 7.23. The van der Waals surface area contributed by atoms with E-state index in [9.17, 15) is 0 Å². The number of hydrogen-bond donors (Lipinski definition) is 0. The first-order valence-corrected chi connectivity index (χ1v) is 29.1. The van der Waals surface area contributed by atoms with Gasteiger partial charge in [0.15, 0.2) is 0 Å². The summed E-state index contributed by atoms with van der Waals surface area (Å²) in [6.07, 6.45) is 31.1. The minimum absolute atomic E-state index is 0.0829. The fourth-order valence-electron chi connectivity index (χ4n) is 9.08. The summed E-state index contributed by atoms with van der Waals surface area (Å²) in [7, 11) is 0. The third-order valence-corrected chi connectivity index (χ3v) is 17.1. The van der Waals surface area contributed by atoms with Gasteiger partial charge in [-0.3, -0.25) is 9.59 Å². The van der Waals surface area contributed by atoms with E-state index in [1.807, 2.05) is 9.80 Å². The molecule has 0 saturated carbocycles. The number of terminal acetylenes is 1. The lowest BCUT2D eigenvalue weighted by molar-refractivity contribution is -0.124. The summed E-state index contributed by atoms with van der Waals surface area (Å²) in [6, 6.07) is 17.1. The first kappa shape index (κ1) is 54.6. The van der Waals surface area contributed by atoms with E-state index in [0.717, 1.165) is 62.2 Å². The Balaban J connectivity index is 1.33. The molecule has 2 atom stereocenters. The van der Waals surface area contributed by atoms with Crippen LogP contribution in [-0.4, -0.2) is 34.7 Å². The standard InChI is InChI=1S/C63H68N2O2S4/c1-7-10-13-16-19-22-23-26-29-32-35-51(34-31-28-25-21-18-15-12-9-3)47-65-60(56-42-37-50(6)69-56)58-59(63(65)67)61(64(62(58)66)46-48(4)33-30-27-24-20-17-14-11-8-2)57-45-44-55(71-57)54-43-41-53(70-54)40-39-52-38-36-49(5)68-52/h1,36-45,48,51H,8-9,11-12,14-15,17-18,20-21,24-25,27-28,30-31,33-34,46-47H2,2-6H3/b40-39+. The number of thiophene rings is 4. The Bertz CT molecular complexity index is 2910. The Morgan fingerprint density at radius 3 is 1.49 bits per heavy atom. The van der Waals surface area contributed by atoms with E-state index in [4.69, 9.17) is 6.42 Å². The van der Waals surface area contributed by atoms with Crippen LogP contribution < -0.4 is 0 Å². The first-order chi connectivity index (χ1) is 34.7. The van der Waals surface area contributed by atoms with E-state index in [0.29, 0.717) is 29.9 Å². The molecule has 2 aliphatic heterocycles. The van der Waals surface area contributed by atoms with Crippen LogP contribution in [0.1, 0.15) is 166 Å². The number of fused-ring (bicyclic) bond motifs is 1. The summed E-state index contributed by atoms with van der Waals surface area (Å²) >= 11 is 6.84. The molecular formula is C63H68N2O2S4. The summed E-state index contributed by atoms with van der Waals surface area (Å²) in [5.74, 6) is 29.8. The molecule has 0 aliphatic carbocycles. The normalized spacial score (nSPS) is 13.7. The first-order valence-electron chi connectivity index (χ1n) is 25.8.